The third kappa shape index (κ3) is 3.39. The van der Waals surface area contributed by atoms with E-state index in [1.165, 1.54) is 19.2 Å². The minimum absolute atomic E-state index is 0.0156. The van der Waals surface area contributed by atoms with Crippen LogP contribution < -0.4 is 16.0 Å². The zero-order valence-corrected chi connectivity index (χ0v) is 8.17. The quantitative estimate of drug-likeness (QED) is 0.716. The second-order valence-corrected chi connectivity index (χ2v) is 2.65. The normalized spacial score (nSPS) is 9.93. The van der Waals surface area contributed by atoms with E-state index < -0.39 is 6.09 Å². The van der Waals surface area contributed by atoms with Crippen molar-refractivity contribution in [2.24, 2.45) is 5.73 Å². The van der Waals surface area contributed by atoms with Crippen LogP contribution in [-0.2, 0) is 11.3 Å². The number of aromatic nitrogens is 2. The first-order valence-electron chi connectivity index (χ1n) is 4.18. The average molecular weight is 213 g/mol. The molecule has 7 heteroatoms. The minimum Gasteiger partial charge on any atom is -0.390 e. The van der Waals surface area contributed by atoms with Crippen molar-refractivity contribution in [1.29, 1.82) is 0 Å². The molecule has 0 fully saturated rings. The van der Waals surface area contributed by atoms with E-state index in [1.54, 1.807) is 0 Å². The summed E-state index contributed by atoms with van der Waals surface area (Å²) in [7, 11) is 1.51. The van der Waals surface area contributed by atoms with Gasteiger partial charge in [0.15, 0.2) is 0 Å². The van der Waals surface area contributed by atoms with Crippen LogP contribution in [-0.4, -0.2) is 29.6 Å². The number of hydrogen-bond acceptors (Lipinski definition) is 5. The molecule has 7 nitrogen and oxygen atoms in total. The number of carbonyl (C=O) groups is 1. The lowest BCUT2D eigenvalue weighted by Crippen LogP contribution is -2.26. The molecule has 82 valence electrons. The SMILES string of the molecule is COCCn1nc(OC(N)=O)ccc1=O. The van der Waals surface area contributed by atoms with Crippen LogP contribution in [0.2, 0.25) is 0 Å². The molecule has 0 spiro atoms. The number of nitrogens with two attached hydrogens (primary N) is 1. The first-order chi connectivity index (χ1) is 7.13. The number of nitrogens with zero attached hydrogens (tertiary/aromatic N) is 2. The summed E-state index contributed by atoms with van der Waals surface area (Å²) >= 11 is 0. The fourth-order valence-corrected chi connectivity index (χ4v) is 0.926. The number of hydrogen-bond donors (Lipinski definition) is 1. The molecule has 0 radical (unpaired) electrons. The van der Waals surface area contributed by atoms with Gasteiger partial charge in [-0.25, -0.2) is 9.48 Å². The maximum absolute atomic E-state index is 11.2. The van der Waals surface area contributed by atoms with E-state index in [9.17, 15) is 9.59 Å². The Morgan fingerprint density at radius 3 is 2.93 bits per heavy atom. The average Bonchev–Trinajstić information content (AvgIpc) is 2.18. The molecular formula is C8H11N3O4. The number of rotatable bonds is 4. The van der Waals surface area contributed by atoms with E-state index >= 15 is 0 Å². The van der Waals surface area contributed by atoms with Gasteiger partial charge in [-0.2, -0.15) is 0 Å². The van der Waals surface area contributed by atoms with Gasteiger partial charge < -0.3 is 15.2 Å². The van der Waals surface area contributed by atoms with Crippen LogP contribution >= 0.6 is 0 Å². The third-order valence-electron chi connectivity index (χ3n) is 1.55. The lowest BCUT2D eigenvalue weighted by Gasteiger charge is -2.05. The van der Waals surface area contributed by atoms with Crippen LogP contribution in [0.4, 0.5) is 4.79 Å². The first kappa shape index (κ1) is 11.2. The molecule has 1 aromatic rings. The zero-order valence-electron chi connectivity index (χ0n) is 8.17. The van der Waals surface area contributed by atoms with Gasteiger partial charge in [-0.05, 0) is 0 Å². The summed E-state index contributed by atoms with van der Waals surface area (Å²) in [6.07, 6.45) is -0.973. The zero-order chi connectivity index (χ0) is 11.3. The summed E-state index contributed by atoms with van der Waals surface area (Å²) in [5.41, 5.74) is 4.50. The van der Waals surface area contributed by atoms with Crippen LogP contribution in [0.5, 0.6) is 5.88 Å². The lowest BCUT2D eigenvalue weighted by molar-refractivity contribution is 0.179. The van der Waals surface area contributed by atoms with Crippen molar-refractivity contribution in [2.45, 2.75) is 6.54 Å². The van der Waals surface area contributed by atoms with Gasteiger partial charge in [0, 0.05) is 19.2 Å². The predicted molar refractivity (Wildman–Crippen MR) is 50.6 cm³/mol. The van der Waals surface area contributed by atoms with Crippen LogP contribution in [0.3, 0.4) is 0 Å². The van der Waals surface area contributed by atoms with Crippen molar-refractivity contribution in [1.82, 2.24) is 9.78 Å². The van der Waals surface area contributed by atoms with Crippen molar-refractivity contribution in [3.63, 3.8) is 0 Å². The van der Waals surface area contributed by atoms with E-state index in [1.807, 2.05) is 0 Å². The van der Waals surface area contributed by atoms with Crippen molar-refractivity contribution in [3.05, 3.63) is 22.5 Å². The molecule has 0 aliphatic rings. The lowest BCUT2D eigenvalue weighted by atomic mass is 10.5. The summed E-state index contributed by atoms with van der Waals surface area (Å²) < 4.78 is 10.4. The van der Waals surface area contributed by atoms with E-state index in [0.29, 0.717) is 6.61 Å². The van der Waals surface area contributed by atoms with Crippen LogP contribution in [0.25, 0.3) is 0 Å². The summed E-state index contributed by atoms with van der Waals surface area (Å²) in [5.74, 6) is -0.0156. The van der Waals surface area contributed by atoms with Gasteiger partial charge in [-0.3, -0.25) is 4.79 Å². The summed E-state index contributed by atoms with van der Waals surface area (Å²) in [4.78, 5) is 21.7. The van der Waals surface area contributed by atoms with Crippen molar-refractivity contribution in [2.75, 3.05) is 13.7 Å². The predicted octanol–water partition coefficient (Wildman–Crippen LogP) is -0.653. The number of methoxy groups -OCH3 is 1. The standard InChI is InChI=1S/C8H11N3O4/c1-14-5-4-11-7(12)3-2-6(10-11)15-8(9)13/h2-3H,4-5H2,1H3,(H2,9,13). The molecule has 15 heavy (non-hydrogen) atoms. The van der Waals surface area contributed by atoms with Gasteiger partial charge in [0.2, 0.25) is 5.88 Å². The molecule has 0 bridgehead atoms. The Labute approximate surface area is 85.4 Å². The summed E-state index contributed by atoms with van der Waals surface area (Å²) in [5, 5.41) is 3.75. The molecule has 0 atom stereocenters. The Kier molecular flexibility index (Phi) is 3.81. The molecule has 1 amide bonds. The highest BCUT2D eigenvalue weighted by Gasteiger charge is 2.03. The van der Waals surface area contributed by atoms with E-state index in [2.05, 4.69) is 9.84 Å². The van der Waals surface area contributed by atoms with E-state index in [-0.39, 0.29) is 18.0 Å². The molecule has 0 saturated carbocycles. The third-order valence-corrected chi connectivity index (χ3v) is 1.55. The largest absolute Gasteiger partial charge is 0.411 e. The maximum atomic E-state index is 11.2. The van der Waals surface area contributed by atoms with Gasteiger partial charge in [-0.1, -0.05) is 0 Å². The number of primary amides is 1. The number of carbonyl (C=O) groups excluding carboxylic acids is 1. The van der Waals surface area contributed by atoms with Crippen LogP contribution in [0.1, 0.15) is 0 Å². The molecule has 0 aromatic carbocycles. The van der Waals surface area contributed by atoms with Gasteiger partial charge in [0.1, 0.15) is 0 Å². The highest BCUT2D eigenvalue weighted by molar-refractivity contribution is 5.67. The number of amides is 1. The molecule has 0 aliphatic carbocycles. The molecular weight excluding hydrogens is 202 g/mol. The molecule has 0 aliphatic heterocycles. The molecule has 1 heterocycles. The highest BCUT2D eigenvalue weighted by Crippen LogP contribution is 2.00. The smallest absolute Gasteiger partial charge is 0.390 e. The maximum Gasteiger partial charge on any atom is 0.411 e. The first-order valence-corrected chi connectivity index (χ1v) is 4.18. The van der Waals surface area contributed by atoms with Crippen molar-refractivity contribution < 1.29 is 14.3 Å². The molecule has 1 rings (SSSR count). The molecule has 2 N–H and O–H groups in total. The van der Waals surface area contributed by atoms with Crippen LogP contribution in [0, 0.1) is 0 Å². The minimum atomic E-state index is -0.973. The Morgan fingerprint density at radius 1 is 1.60 bits per heavy atom. The van der Waals surface area contributed by atoms with Gasteiger partial charge in [0.05, 0.1) is 13.2 Å². The van der Waals surface area contributed by atoms with E-state index in [0.717, 1.165) is 4.68 Å². The topological polar surface area (TPSA) is 96.4 Å². The fraction of sp³-hybridized carbons (Fsp3) is 0.375. The Hall–Kier alpha value is -1.89. The number of ether oxygens (including phenoxy) is 2. The highest BCUT2D eigenvalue weighted by atomic mass is 16.6. The van der Waals surface area contributed by atoms with Crippen molar-refractivity contribution in [3.8, 4) is 5.88 Å². The van der Waals surface area contributed by atoms with Gasteiger partial charge in [-0.15, -0.1) is 5.10 Å². The summed E-state index contributed by atoms with van der Waals surface area (Å²) in [6.45, 7) is 0.623. The van der Waals surface area contributed by atoms with Gasteiger partial charge >= 0.3 is 6.09 Å². The van der Waals surface area contributed by atoms with E-state index in [4.69, 9.17) is 10.5 Å². The van der Waals surface area contributed by atoms with Gasteiger partial charge in [0.25, 0.3) is 5.56 Å². The molecule has 0 unspecified atom stereocenters. The Morgan fingerprint density at radius 2 is 2.33 bits per heavy atom. The summed E-state index contributed by atoms with van der Waals surface area (Å²) in [6, 6.07) is 2.51. The van der Waals surface area contributed by atoms with Crippen LogP contribution in [0.15, 0.2) is 16.9 Å². The Bertz CT molecular complexity index is 401. The molecule has 1 aromatic heterocycles. The van der Waals surface area contributed by atoms with Crippen molar-refractivity contribution >= 4 is 6.09 Å². The fourth-order valence-electron chi connectivity index (χ4n) is 0.926. The molecule has 0 saturated heterocycles. The monoisotopic (exact) mass is 213 g/mol. The second kappa shape index (κ2) is 5.11. The Balaban J connectivity index is 2.84. The second-order valence-electron chi connectivity index (χ2n) is 2.65.